The molecule has 2 atom stereocenters. The number of ether oxygens (including phenoxy) is 1. The van der Waals surface area contributed by atoms with Crippen molar-refractivity contribution in [1.82, 2.24) is 0 Å². The summed E-state index contributed by atoms with van der Waals surface area (Å²) < 4.78 is 6.51. The zero-order chi connectivity index (χ0) is 16.7. The van der Waals surface area contributed by atoms with Crippen LogP contribution in [0.5, 0.6) is 0 Å². The van der Waals surface area contributed by atoms with Crippen LogP contribution in [-0.2, 0) is 15.9 Å². The van der Waals surface area contributed by atoms with Crippen molar-refractivity contribution in [1.29, 1.82) is 0 Å². The van der Waals surface area contributed by atoms with E-state index in [1.165, 1.54) is 22.3 Å². The van der Waals surface area contributed by atoms with Gasteiger partial charge in [0.05, 0.1) is 0 Å². The summed E-state index contributed by atoms with van der Waals surface area (Å²) in [4.78, 5) is 0. The molecule has 2 unspecified atom stereocenters. The third kappa shape index (κ3) is 2.00. The van der Waals surface area contributed by atoms with E-state index in [9.17, 15) is 0 Å². The van der Waals surface area contributed by atoms with Gasteiger partial charge in [0.25, 0.3) is 0 Å². The second-order valence-corrected chi connectivity index (χ2v) is 6.57. The lowest BCUT2D eigenvalue weighted by atomic mass is 9.77. The fourth-order valence-electron chi connectivity index (χ4n) is 4.00. The number of allylic oxidation sites excluding steroid dienone is 2. The average Bonchev–Trinajstić information content (AvgIpc) is 3.41. The van der Waals surface area contributed by atoms with Gasteiger partial charge in [0.15, 0.2) is 11.2 Å². The molecule has 0 radical (unpaired) electrons. The third-order valence-corrected chi connectivity index (χ3v) is 5.22. The molecule has 0 N–H and O–H groups in total. The highest BCUT2D eigenvalue weighted by molar-refractivity contribution is 5.72. The van der Waals surface area contributed by atoms with E-state index >= 15 is 0 Å². The van der Waals surface area contributed by atoms with Gasteiger partial charge in [-0.1, -0.05) is 97.1 Å². The summed E-state index contributed by atoms with van der Waals surface area (Å²) in [5.41, 5.74) is 4.00. The van der Waals surface area contributed by atoms with Crippen LogP contribution in [0.1, 0.15) is 11.1 Å². The summed E-state index contributed by atoms with van der Waals surface area (Å²) in [6.07, 6.45) is 8.56. The maximum Gasteiger partial charge on any atom is 0.151 e. The van der Waals surface area contributed by atoms with Crippen LogP contribution in [0.15, 0.2) is 109 Å². The Kier molecular flexibility index (Phi) is 3.06. The normalized spacial score (nSPS) is 26.2. The van der Waals surface area contributed by atoms with Crippen LogP contribution in [0.2, 0.25) is 0 Å². The van der Waals surface area contributed by atoms with Crippen LogP contribution in [0.3, 0.4) is 0 Å². The minimum absolute atomic E-state index is 0.409. The molecular formula is C24H18O. The maximum absolute atomic E-state index is 6.51. The van der Waals surface area contributed by atoms with Gasteiger partial charge in [-0.25, -0.2) is 0 Å². The van der Waals surface area contributed by atoms with E-state index in [0.29, 0.717) is 0 Å². The van der Waals surface area contributed by atoms with E-state index in [4.69, 9.17) is 4.74 Å². The third-order valence-electron chi connectivity index (χ3n) is 5.22. The summed E-state index contributed by atoms with van der Waals surface area (Å²) in [7, 11) is 0. The SMILES string of the molecule is C1=CC2(c3ccccc3)OC2(c2ccccc2-c2ccccc2)C=C1. The second kappa shape index (κ2) is 5.30. The first kappa shape index (κ1) is 14.4. The van der Waals surface area contributed by atoms with Gasteiger partial charge in [-0.2, -0.15) is 0 Å². The Bertz CT molecular complexity index is 971. The Labute approximate surface area is 147 Å². The van der Waals surface area contributed by atoms with Gasteiger partial charge in [0.1, 0.15) is 0 Å². The average molecular weight is 322 g/mol. The molecular weight excluding hydrogens is 304 g/mol. The maximum atomic E-state index is 6.51. The highest BCUT2D eigenvalue weighted by Gasteiger charge is 2.70. The Morgan fingerprint density at radius 3 is 1.92 bits per heavy atom. The molecule has 2 aliphatic rings. The van der Waals surface area contributed by atoms with E-state index in [2.05, 4.69) is 103 Å². The van der Waals surface area contributed by atoms with Gasteiger partial charge < -0.3 is 4.74 Å². The molecule has 5 rings (SSSR count). The first-order valence-corrected chi connectivity index (χ1v) is 8.63. The molecule has 0 amide bonds. The van der Waals surface area contributed by atoms with E-state index in [-0.39, 0.29) is 0 Å². The van der Waals surface area contributed by atoms with Crippen LogP contribution in [0.25, 0.3) is 11.1 Å². The van der Waals surface area contributed by atoms with E-state index in [1.54, 1.807) is 0 Å². The molecule has 0 aromatic heterocycles. The molecule has 0 spiro atoms. The first-order chi connectivity index (χ1) is 12.4. The van der Waals surface area contributed by atoms with Crippen molar-refractivity contribution < 1.29 is 4.74 Å². The molecule has 1 heterocycles. The van der Waals surface area contributed by atoms with Crippen molar-refractivity contribution in [2.75, 3.05) is 0 Å². The van der Waals surface area contributed by atoms with Crippen LogP contribution in [0.4, 0.5) is 0 Å². The number of benzene rings is 3. The van der Waals surface area contributed by atoms with Gasteiger partial charge in [-0.15, -0.1) is 0 Å². The van der Waals surface area contributed by atoms with Crippen molar-refractivity contribution in [3.8, 4) is 11.1 Å². The fraction of sp³-hybridized carbons (Fsp3) is 0.0833. The molecule has 25 heavy (non-hydrogen) atoms. The smallest absolute Gasteiger partial charge is 0.151 e. The Morgan fingerprint density at radius 2 is 1.16 bits per heavy atom. The van der Waals surface area contributed by atoms with Crippen LogP contribution < -0.4 is 0 Å². The molecule has 3 aromatic carbocycles. The fourth-order valence-corrected chi connectivity index (χ4v) is 4.00. The summed E-state index contributed by atoms with van der Waals surface area (Å²) in [6, 6.07) is 29.6. The quantitative estimate of drug-likeness (QED) is 0.572. The number of hydrogen-bond donors (Lipinski definition) is 0. The molecule has 0 saturated carbocycles. The molecule has 1 fully saturated rings. The zero-order valence-electron chi connectivity index (χ0n) is 13.8. The van der Waals surface area contributed by atoms with Gasteiger partial charge in [0, 0.05) is 0 Å². The number of rotatable bonds is 3. The predicted octanol–water partition coefficient (Wildman–Crippen LogP) is 5.60. The molecule has 1 aliphatic heterocycles. The number of hydrogen-bond acceptors (Lipinski definition) is 1. The van der Waals surface area contributed by atoms with E-state index in [1.807, 2.05) is 6.07 Å². The minimum atomic E-state index is -0.435. The zero-order valence-corrected chi connectivity index (χ0v) is 13.8. The lowest BCUT2D eigenvalue weighted by Crippen LogP contribution is -2.21. The molecule has 1 nitrogen and oxygen atoms in total. The van der Waals surface area contributed by atoms with Crippen molar-refractivity contribution in [3.63, 3.8) is 0 Å². The molecule has 3 aromatic rings. The van der Waals surface area contributed by atoms with Crippen LogP contribution >= 0.6 is 0 Å². The Morgan fingerprint density at radius 1 is 0.560 bits per heavy atom. The van der Waals surface area contributed by atoms with Gasteiger partial charge in [0.2, 0.25) is 0 Å². The molecule has 120 valence electrons. The molecule has 1 saturated heterocycles. The van der Waals surface area contributed by atoms with Crippen LogP contribution in [-0.4, -0.2) is 0 Å². The first-order valence-electron chi connectivity index (χ1n) is 8.63. The molecule has 1 heteroatoms. The van der Waals surface area contributed by atoms with Crippen molar-refractivity contribution in [2.24, 2.45) is 0 Å². The van der Waals surface area contributed by atoms with E-state index in [0.717, 1.165) is 0 Å². The summed E-state index contributed by atoms with van der Waals surface area (Å²) in [5.74, 6) is 0. The van der Waals surface area contributed by atoms with Gasteiger partial charge >= 0.3 is 0 Å². The highest BCUT2D eigenvalue weighted by atomic mass is 16.6. The summed E-state index contributed by atoms with van der Waals surface area (Å²) in [5, 5.41) is 0. The molecule has 0 bridgehead atoms. The standard InChI is InChI=1S/C24H18O/c1-3-11-19(12-4-1)21-15-7-8-16-22(21)24-18-10-9-17-23(24,25-24)20-13-5-2-6-14-20/h1-18H. The van der Waals surface area contributed by atoms with Gasteiger partial charge in [-0.05, 0) is 34.4 Å². The van der Waals surface area contributed by atoms with Gasteiger partial charge in [-0.3, -0.25) is 0 Å². The number of fused-ring (bicyclic) bond motifs is 1. The monoisotopic (exact) mass is 322 g/mol. The van der Waals surface area contributed by atoms with Crippen molar-refractivity contribution in [2.45, 2.75) is 11.2 Å². The molecule has 1 aliphatic carbocycles. The van der Waals surface area contributed by atoms with Crippen molar-refractivity contribution in [3.05, 3.63) is 120 Å². The summed E-state index contributed by atoms with van der Waals surface area (Å²) in [6.45, 7) is 0. The van der Waals surface area contributed by atoms with Crippen molar-refractivity contribution >= 4 is 0 Å². The largest absolute Gasteiger partial charge is 0.343 e. The Hall–Kier alpha value is -2.90. The Balaban J connectivity index is 1.70. The van der Waals surface area contributed by atoms with E-state index < -0.39 is 11.2 Å². The summed E-state index contributed by atoms with van der Waals surface area (Å²) >= 11 is 0. The second-order valence-electron chi connectivity index (χ2n) is 6.57. The lowest BCUT2D eigenvalue weighted by molar-refractivity contribution is 0.309. The predicted molar refractivity (Wildman–Crippen MR) is 101 cm³/mol. The van der Waals surface area contributed by atoms with Crippen LogP contribution in [0, 0.1) is 0 Å². The number of epoxide rings is 1. The highest BCUT2D eigenvalue weighted by Crippen LogP contribution is 2.66. The lowest BCUT2D eigenvalue weighted by Gasteiger charge is -2.21. The minimum Gasteiger partial charge on any atom is -0.343 e. The topological polar surface area (TPSA) is 12.5 Å².